The Hall–Kier alpha value is -1.44. The largest absolute Gasteiger partial charge is 0.497 e. The van der Waals surface area contributed by atoms with E-state index in [1.54, 1.807) is 31.0 Å². The van der Waals surface area contributed by atoms with Gasteiger partial charge in [-0.3, -0.25) is 4.68 Å². The number of thioether (sulfide) groups is 1. The van der Waals surface area contributed by atoms with Gasteiger partial charge in [-0.25, -0.2) is 0 Å². The van der Waals surface area contributed by atoms with Crippen LogP contribution in [0.4, 0.5) is 0 Å². The van der Waals surface area contributed by atoms with E-state index in [0.717, 1.165) is 16.3 Å². The van der Waals surface area contributed by atoms with Crippen LogP contribution in [-0.4, -0.2) is 34.1 Å². The highest BCUT2D eigenvalue weighted by atomic mass is 32.2. The molecule has 1 aromatic carbocycles. The molecule has 0 spiro atoms. The van der Waals surface area contributed by atoms with Gasteiger partial charge in [-0.1, -0.05) is 6.07 Å². The number of benzene rings is 1. The maximum absolute atomic E-state index is 9.41. The highest BCUT2D eigenvalue weighted by Crippen LogP contribution is 2.24. The van der Waals surface area contributed by atoms with Crippen LogP contribution in [-0.2, 0) is 12.8 Å². The van der Waals surface area contributed by atoms with Crippen LogP contribution in [0.3, 0.4) is 0 Å². The van der Waals surface area contributed by atoms with Gasteiger partial charge in [0.2, 0.25) is 0 Å². The minimum absolute atomic E-state index is 0.497. The third kappa shape index (κ3) is 3.36. The fraction of sp³-hybridized carbons (Fsp3) is 0.308. The molecule has 0 aliphatic heterocycles. The lowest BCUT2D eigenvalue weighted by molar-refractivity contribution is 0.413. The lowest BCUT2D eigenvalue weighted by Gasteiger charge is -2.10. The van der Waals surface area contributed by atoms with E-state index >= 15 is 0 Å². The molecule has 0 saturated carbocycles. The second kappa shape index (κ2) is 6.34. The van der Waals surface area contributed by atoms with Crippen LogP contribution in [0.15, 0.2) is 29.3 Å². The van der Waals surface area contributed by atoms with Gasteiger partial charge in [-0.05, 0) is 36.1 Å². The van der Waals surface area contributed by atoms with Crippen LogP contribution in [0.25, 0.3) is 0 Å². The van der Waals surface area contributed by atoms with E-state index in [1.807, 2.05) is 30.8 Å². The predicted octanol–water partition coefficient (Wildman–Crippen LogP) is 0.709. The minimum Gasteiger partial charge on any atom is -0.497 e. The lowest BCUT2D eigenvalue weighted by Crippen LogP contribution is -2.32. The van der Waals surface area contributed by atoms with Crippen molar-refractivity contribution in [2.45, 2.75) is 17.7 Å². The van der Waals surface area contributed by atoms with E-state index in [1.165, 1.54) is 0 Å². The van der Waals surface area contributed by atoms with Crippen LogP contribution in [0.5, 0.6) is 5.75 Å². The van der Waals surface area contributed by atoms with E-state index in [4.69, 9.17) is 4.74 Å². The Kier molecular flexibility index (Phi) is 4.75. The van der Waals surface area contributed by atoms with Gasteiger partial charge in [-0.15, -0.1) is 11.8 Å². The van der Waals surface area contributed by atoms with Crippen molar-refractivity contribution in [2.24, 2.45) is 7.05 Å². The van der Waals surface area contributed by atoms with Crippen molar-refractivity contribution in [1.82, 2.24) is 9.78 Å². The second-order valence-electron chi connectivity index (χ2n) is 4.47. The van der Waals surface area contributed by atoms with Crippen LogP contribution in [0.2, 0.25) is 0 Å². The fourth-order valence-corrected chi connectivity index (χ4v) is 2.99. The summed E-state index contributed by atoms with van der Waals surface area (Å²) in [6.07, 6.45) is 0. The number of aryl methyl sites for hydroxylation is 2. The zero-order chi connectivity index (χ0) is 14.7. The number of hydrogen-bond acceptors (Lipinski definition) is 5. The molecule has 0 aliphatic rings. The summed E-state index contributed by atoms with van der Waals surface area (Å²) in [5.74, 6) is 1.31. The van der Waals surface area contributed by atoms with Gasteiger partial charge in [-0.2, -0.15) is 5.10 Å². The maximum Gasteiger partial charge on any atom is 0.488 e. The normalized spacial score (nSPS) is 10.7. The standard InChI is InChI=1S/C13H17BN2O3S/c1-9-6-13(16(2)15-9)20-8-10-7-11(19-3)4-5-12(10)14(17)18/h4-7,17-18H,8H2,1-3H3. The Bertz CT molecular complexity index is 601. The summed E-state index contributed by atoms with van der Waals surface area (Å²) in [6, 6.07) is 7.22. The molecule has 20 heavy (non-hydrogen) atoms. The van der Waals surface area contributed by atoms with Gasteiger partial charge in [0, 0.05) is 12.8 Å². The zero-order valence-corrected chi connectivity index (χ0v) is 12.5. The third-order valence-electron chi connectivity index (χ3n) is 2.96. The molecule has 2 rings (SSSR count). The molecule has 2 aromatic rings. The van der Waals surface area contributed by atoms with Crippen molar-refractivity contribution in [1.29, 1.82) is 0 Å². The molecular formula is C13H17BN2O3S. The molecule has 0 amide bonds. The fourth-order valence-electron chi connectivity index (χ4n) is 1.96. The summed E-state index contributed by atoms with van der Waals surface area (Å²) in [4.78, 5) is 0. The van der Waals surface area contributed by atoms with E-state index in [2.05, 4.69) is 5.10 Å². The number of methoxy groups -OCH3 is 1. The first-order valence-electron chi connectivity index (χ1n) is 6.17. The smallest absolute Gasteiger partial charge is 0.488 e. The summed E-state index contributed by atoms with van der Waals surface area (Å²) in [5, 5.41) is 24.1. The van der Waals surface area contributed by atoms with Gasteiger partial charge in [0.15, 0.2) is 0 Å². The summed E-state index contributed by atoms with van der Waals surface area (Å²) >= 11 is 1.59. The van der Waals surface area contributed by atoms with Gasteiger partial charge in [0.05, 0.1) is 17.8 Å². The van der Waals surface area contributed by atoms with Crippen molar-refractivity contribution < 1.29 is 14.8 Å². The van der Waals surface area contributed by atoms with E-state index in [9.17, 15) is 10.0 Å². The molecule has 0 radical (unpaired) electrons. The topological polar surface area (TPSA) is 67.5 Å². The average molecular weight is 292 g/mol. The van der Waals surface area contributed by atoms with Gasteiger partial charge in [0.25, 0.3) is 0 Å². The third-order valence-corrected chi connectivity index (χ3v) is 4.10. The molecular weight excluding hydrogens is 275 g/mol. The molecule has 0 bridgehead atoms. The molecule has 7 heteroatoms. The Balaban J connectivity index is 2.21. The van der Waals surface area contributed by atoms with E-state index in [-0.39, 0.29) is 0 Å². The number of ether oxygens (including phenoxy) is 1. The summed E-state index contributed by atoms with van der Waals surface area (Å²) in [7, 11) is 2.00. The molecule has 0 aliphatic carbocycles. The van der Waals surface area contributed by atoms with Crippen LogP contribution >= 0.6 is 11.8 Å². The maximum atomic E-state index is 9.41. The van der Waals surface area contributed by atoms with Crippen LogP contribution in [0.1, 0.15) is 11.3 Å². The average Bonchev–Trinajstić information content (AvgIpc) is 2.74. The van der Waals surface area contributed by atoms with Crippen molar-refractivity contribution in [3.05, 3.63) is 35.5 Å². The van der Waals surface area contributed by atoms with Crippen LogP contribution < -0.4 is 10.2 Å². The van der Waals surface area contributed by atoms with Crippen molar-refractivity contribution in [3.63, 3.8) is 0 Å². The van der Waals surface area contributed by atoms with Crippen molar-refractivity contribution in [3.8, 4) is 5.75 Å². The zero-order valence-electron chi connectivity index (χ0n) is 11.7. The number of nitrogens with zero attached hydrogens (tertiary/aromatic N) is 2. The van der Waals surface area contributed by atoms with Crippen molar-refractivity contribution >= 4 is 24.3 Å². The van der Waals surface area contributed by atoms with Crippen LogP contribution in [0, 0.1) is 6.92 Å². The summed E-state index contributed by atoms with van der Waals surface area (Å²) in [6.45, 7) is 1.94. The Morgan fingerprint density at radius 2 is 2.10 bits per heavy atom. The highest BCUT2D eigenvalue weighted by molar-refractivity contribution is 7.98. The first-order chi connectivity index (χ1) is 9.51. The molecule has 106 valence electrons. The number of aromatic nitrogens is 2. The van der Waals surface area contributed by atoms with Crippen molar-refractivity contribution in [2.75, 3.05) is 7.11 Å². The molecule has 5 nitrogen and oxygen atoms in total. The second-order valence-corrected chi connectivity index (χ2v) is 5.47. The Morgan fingerprint density at radius 1 is 1.35 bits per heavy atom. The molecule has 0 saturated heterocycles. The number of rotatable bonds is 5. The molecule has 1 heterocycles. The lowest BCUT2D eigenvalue weighted by atomic mass is 9.77. The quantitative estimate of drug-likeness (QED) is 0.627. The van der Waals surface area contributed by atoms with Gasteiger partial charge < -0.3 is 14.8 Å². The first kappa shape index (κ1) is 15.0. The molecule has 0 fully saturated rings. The van der Waals surface area contributed by atoms with E-state index < -0.39 is 7.12 Å². The molecule has 0 atom stereocenters. The minimum atomic E-state index is -1.48. The van der Waals surface area contributed by atoms with E-state index in [0.29, 0.717) is 17.0 Å². The van der Waals surface area contributed by atoms with Gasteiger partial charge >= 0.3 is 7.12 Å². The Morgan fingerprint density at radius 3 is 2.65 bits per heavy atom. The Labute approximate surface area is 122 Å². The summed E-state index contributed by atoms with van der Waals surface area (Å²) < 4.78 is 6.99. The summed E-state index contributed by atoms with van der Waals surface area (Å²) in [5.41, 5.74) is 2.29. The monoisotopic (exact) mass is 292 g/mol. The first-order valence-corrected chi connectivity index (χ1v) is 7.16. The number of hydrogen-bond donors (Lipinski definition) is 2. The van der Waals surface area contributed by atoms with Gasteiger partial charge in [0.1, 0.15) is 5.75 Å². The molecule has 1 aromatic heterocycles. The molecule has 2 N–H and O–H groups in total. The molecule has 0 unspecified atom stereocenters. The SMILES string of the molecule is COc1ccc(B(O)O)c(CSc2cc(C)nn2C)c1. The highest BCUT2D eigenvalue weighted by Gasteiger charge is 2.17. The predicted molar refractivity (Wildman–Crippen MR) is 80.3 cm³/mol.